The fraction of sp³-hybridized carbons (Fsp3) is 0.350. The molecule has 164 valence electrons. The number of benzene rings is 1. The van der Waals surface area contributed by atoms with Crippen molar-refractivity contribution < 1.29 is 9.53 Å². The van der Waals surface area contributed by atoms with Gasteiger partial charge in [0.1, 0.15) is 11.4 Å². The summed E-state index contributed by atoms with van der Waals surface area (Å²) in [6.07, 6.45) is 0.590. The summed E-state index contributed by atoms with van der Waals surface area (Å²) in [6, 6.07) is 6.97. The van der Waals surface area contributed by atoms with Gasteiger partial charge in [0.05, 0.1) is 16.7 Å². The molecule has 1 aromatic carbocycles. The molecule has 2 N–H and O–H groups in total. The van der Waals surface area contributed by atoms with Gasteiger partial charge in [-0.3, -0.25) is 28.1 Å². The first-order valence-corrected chi connectivity index (χ1v) is 10.5. The lowest BCUT2D eigenvalue weighted by molar-refractivity contribution is 0.102. The molecule has 11 heteroatoms. The fourth-order valence-corrected chi connectivity index (χ4v) is 4.04. The SMILES string of the molecule is COCCCn1c(SCC(=O)c2c(N)n(C)c(=O)n(C)c2=O)nc2ccccc2c1=O. The Labute approximate surface area is 181 Å². The second-order valence-electron chi connectivity index (χ2n) is 6.89. The van der Waals surface area contributed by atoms with Gasteiger partial charge in [-0.15, -0.1) is 0 Å². The van der Waals surface area contributed by atoms with E-state index >= 15 is 0 Å². The van der Waals surface area contributed by atoms with Crippen molar-refractivity contribution in [2.45, 2.75) is 18.1 Å². The second kappa shape index (κ2) is 9.31. The number of para-hydroxylation sites is 1. The van der Waals surface area contributed by atoms with Gasteiger partial charge in [-0.25, -0.2) is 9.78 Å². The molecule has 0 unspecified atom stereocenters. The van der Waals surface area contributed by atoms with E-state index in [2.05, 4.69) is 4.98 Å². The summed E-state index contributed by atoms with van der Waals surface area (Å²) in [5, 5.41) is 0.833. The number of ketones is 1. The highest BCUT2D eigenvalue weighted by atomic mass is 32.2. The molecule has 31 heavy (non-hydrogen) atoms. The quantitative estimate of drug-likeness (QED) is 0.228. The van der Waals surface area contributed by atoms with Crippen molar-refractivity contribution in [3.63, 3.8) is 0 Å². The highest BCUT2D eigenvalue weighted by Gasteiger charge is 2.21. The summed E-state index contributed by atoms with van der Waals surface area (Å²) in [5.74, 6) is -0.917. The van der Waals surface area contributed by atoms with Crippen LogP contribution in [0.1, 0.15) is 16.8 Å². The van der Waals surface area contributed by atoms with E-state index in [1.807, 2.05) is 0 Å². The van der Waals surface area contributed by atoms with E-state index in [1.165, 1.54) is 18.7 Å². The normalized spacial score (nSPS) is 11.2. The van der Waals surface area contributed by atoms with Crippen LogP contribution < -0.4 is 22.5 Å². The van der Waals surface area contributed by atoms with E-state index in [1.54, 1.807) is 31.4 Å². The zero-order valence-electron chi connectivity index (χ0n) is 17.5. The summed E-state index contributed by atoms with van der Waals surface area (Å²) >= 11 is 1.04. The molecule has 0 fully saturated rings. The van der Waals surface area contributed by atoms with Crippen LogP contribution in [0.3, 0.4) is 0 Å². The Balaban J connectivity index is 1.98. The maximum Gasteiger partial charge on any atom is 0.332 e. The van der Waals surface area contributed by atoms with Gasteiger partial charge in [-0.05, 0) is 18.6 Å². The number of thioether (sulfide) groups is 1. The van der Waals surface area contributed by atoms with Crippen molar-refractivity contribution in [1.82, 2.24) is 18.7 Å². The number of Topliss-reactive ketones (excluding diaryl/α,β-unsaturated/α-hetero) is 1. The molecule has 0 saturated carbocycles. The Morgan fingerprint density at radius 1 is 1.13 bits per heavy atom. The second-order valence-corrected chi connectivity index (χ2v) is 7.84. The molecule has 0 aliphatic rings. The van der Waals surface area contributed by atoms with Crippen molar-refractivity contribution in [3.8, 4) is 0 Å². The standard InChI is InChI=1S/C20H23N5O5S/c1-23-16(21)15(18(28)24(2)20(23)29)14(26)11-31-19-22-13-8-5-4-7-12(13)17(27)25(19)9-6-10-30-3/h4-5,7-8H,6,9-11,21H2,1-3H3. The average Bonchev–Trinajstić information content (AvgIpc) is 2.77. The summed E-state index contributed by atoms with van der Waals surface area (Å²) in [5.41, 5.74) is 4.54. The molecule has 3 rings (SSSR count). The van der Waals surface area contributed by atoms with Crippen LogP contribution in [0.2, 0.25) is 0 Å². The van der Waals surface area contributed by atoms with Crippen molar-refractivity contribution in [2.75, 3.05) is 25.2 Å². The lowest BCUT2D eigenvalue weighted by atomic mass is 10.2. The molecule has 2 aromatic heterocycles. The topological polar surface area (TPSA) is 131 Å². The summed E-state index contributed by atoms with van der Waals surface area (Å²) in [4.78, 5) is 54.7. The number of ether oxygens (including phenoxy) is 1. The van der Waals surface area contributed by atoms with Crippen LogP contribution in [0.5, 0.6) is 0 Å². The number of fused-ring (bicyclic) bond motifs is 1. The lowest BCUT2D eigenvalue weighted by Crippen LogP contribution is -2.41. The number of nitrogens with zero attached hydrogens (tertiary/aromatic N) is 4. The van der Waals surface area contributed by atoms with Gasteiger partial charge in [0, 0.05) is 34.4 Å². The molecule has 0 aliphatic heterocycles. The molecule has 0 spiro atoms. The Hall–Kier alpha value is -3.18. The maximum atomic E-state index is 13.0. The van der Waals surface area contributed by atoms with Gasteiger partial charge >= 0.3 is 5.69 Å². The lowest BCUT2D eigenvalue weighted by Gasteiger charge is -2.13. The smallest absolute Gasteiger partial charge is 0.332 e. The Kier molecular flexibility index (Phi) is 6.76. The van der Waals surface area contributed by atoms with E-state index in [0.29, 0.717) is 35.6 Å². The first-order valence-electron chi connectivity index (χ1n) is 9.48. The van der Waals surface area contributed by atoms with Crippen LogP contribution in [0.15, 0.2) is 43.8 Å². The molecular formula is C20H23N5O5S. The molecular weight excluding hydrogens is 422 g/mol. The molecule has 0 bridgehead atoms. The number of methoxy groups -OCH3 is 1. The van der Waals surface area contributed by atoms with Crippen LogP contribution in [-0.4, -0.2) is 43.9 Å². The number of nitrogens with two attached hydrogens (primary N) is 1. The van der Waals surface area contributed by atoms with Gasteiger partial charge in [0.25, 0.3) is 11.1 Å². The molecule has 0 saturated heterocycles. The first kappa shape index (κ1) is 22.5. The number of rotatable bonds is 8. The summed E-state index contributed by atoms with van der Waals surface area (Å²) < 4.78 is 8.46. The molecule has 3 aromatic rings. The third-order valence-corrected chi connectivity index (χ3v) is 5.85. The third kappa shape index (κ3) is 4.32. The number of aromatic nitrogens is 4. The Bertz CT molecular complexity index is 1320. The van der Waals surface area contributed by atoms with E-state index in [0.717, 1.165) is 20.9 Å². The van der Waals surface area contributed by atoms with Gasteiger partial charge < -0.3 is 10.5 Å². The van der Waals surface area contributed by atoms with Crippen LogP contribution >= 0.6 is 11.8 Å². The zero-order chi connectivity index (χ0) is 22.7. The van der Waals surface area contributed by atoms with Crippen LogP contribution in [0.25, 0.3) is 10.9 Å². The third-order valence-electron chi connectivity index (χ3n) is 4.88. The highest BCUT2D eigenvalue weighted by molar-refractivity contribution is 7.99. The minimum Gasteiger partial charge on any atom is -0.385 e. The van der Waals surface area contributed by atoms with Crippen molar-refractivity contribution in [1.29, 1.82) is 0 Å². The van der Waals surface area contributed by atoms with E-state index in [9.17, 15) is 19.2 Å². The van der Waals surface area contributed by atoms with Gasteiger partial charge in [0.2, 0.25) is 0 Å². The van der Waals surface area contributed by atoms with E-state index < -0.39 is 17.0 Å². The molecule has 0 atom stereocenters. The fourth-order valence-electron chi connectivity index (χ4n) is 3.15. The minimum atomic E-state index is -0.754. The van der Waals surface area contributed by atoms with Crippen LogP contribution in [0, 0.1) is 0 Å². The van der Waals surface area contributed by atoms with Gasteiger partial charge in [-0.2, -0.15) is 0 Å². The number of nitrogen functional groups attached to an aromatic ring is 1. The monoisotopic (exact) mass is 445 g/mol. The number of hydrogen-bond donors (Lipinski definition) is 1. The molecule has 0 radical (unpaired) electrons. The molecule has 0 aliphatic carbocycles. The van der Waals surface area contributed by atoms with Crippen molar-refractivity contribution >= 4 is 34.3 Å². The van der Waals surface area contributed by atoms with Crippen LogP contribution in [0.4, 0.5) is 5.82 Å². The number of carbonyl (C=O) groups is 1. The largest absolute Gasteiger partial charge is 0.385 e. The average molecular weight is 446 g/mol. The first-order chi connectivity index (χ1) is 14.8. The van der Waals surface area contributed by atoms with Gasteiger partial charge in [0.15, 0.2) is 10.9 Å². The van der Waals surface area contributed by atoms with Crippen LogP contribution in [-0.2, 0) is 25.4 Å². The number of carbonyl (C=O) groups excluding carboxylic acids is 1. The van der Waals surface area contributed by atoms with Crippen molar-refractivity contribution in [3.05, 3.63) is 61.0 Å². The summed E-state index contributed by atoms with van der Waals surface area (Å²) in [7, 11) is 4.25. The maximum absolute atomic E-state index is 13.0. The number of anilines is 1. The molecule has 10 nitrogen and oxygen atoms in total. The predicted octanol–water partition coefficient (Wildman–Crippen LogP) is 0.388. The molecule has 0 amide bonds. The van der Waals surface area contributed by atoms with Gasteiger partial charge in [-0.1, -0.05) is 23.9 Å². The Morgan fingerprint density at radius 2 is 1.84 bits per heavy atom. The molecule has 2 heterocycles. The minimum absolute atomic E-state index is 0.174. The summed E-state index contributed by atoms with van der Waals surface area (Å²) in [6.45, 7) is 0.831. The number of hydrogen-bond acceptors (Lipinski definition) is 8. The van der Waals surface area contributed by atoms with E-state index in [-0.39, 0.29) is 22.7 Å². The van der Waals surface area contributed by atoms with Crippen molar-refractivity contribution in [2.24, 2.45) is 14.1 Å². The Morgan fingerprint density at radius 3 is 2.55 bits per heavy atom. The van der Waals surface area contributed by atoms with E-state index in [4.69, 9.17) is 10.5 Å². The predicted molar refractivity (Wildman–Crippen MR) is 119 cm³/mol. The zero-order valence-corrected chi connectivity index (χ0v) is 18.3. The highest BCUT2D eigenvalue weighted by Crippen LogP contribution is 2.20.